The van der Waals surface area contributed by atoms with Gasteiger partial charge in [-0.05, 0) is 47.7 Å². The van der Waals surface area contributed by atoms with Crippen LogP contribution >= 0.6 is 11.8 Å². The monoisotopic (exact) mass is 356 g/mol. The first-order chi connectivity index (χ1) is 12.2. The Morgan fingerprint density at radius 1 is 1.20 bits per heavy atom. The number of carbonyl (C=O) groups is 1. The van der Waals surface area contributed by atoms with Gasteiger partial charge in [0.1, 0.15) is 5.82 Å². The number of nitrogens with zero attached hydrogens (tertiary/aromatic N) is 2. The molecule has 1 amide bonds. The Morgan fingerprint density at radius 2 is 2.00 bits per heavy atom. The second kappa shape index (κ2) is 8.09. The van der Waals surface area contributed by atoms with E-state index in [2.05, 4.69) is 4.99 Å². The zero-order chi connectivity index (χ0) is 17.6. The minimum absolute atomic E-state index is 0.152. The molecule has 1 aliphatic heterocycles. The van der Waals surface area contributed by atoms with Gasteiger partial charge in [0.25, 0.3) is 5.91 Å². The highest BCUT2D eigenvalue weighted by Gasteiger charge is 2.33. The van der Waals surface area contributed by atoms with Crippen LogP contribution in [-0.2, 0) is 9.53 Å². The molecule has 0 aromatic heterocycles. The number of methoxy groups -OCH3 is 1. The Morgan fingerprint density at radius 3 is 2.72 bits per heavy atom. The molecule has 1 fully saturated rings. The molecule has 0 radical (unpaired) electrons. The van der Waals surface area contributed by atoms with Crippen LogP contribution < -0.4 is 0 Å². The summed E-state index contributed by atoms with van der Waals surface area (Å²) in [5, 5.41) is 0.593. The Hall–Kier alpha value is -2.44. The van der Waals surface area contributed by atoms with Gasteiger partial charge in [-0.25, -0.2) is 9.38 Å². The molecule has 4 nitrogen and oxygen atoms in total. The third kappa shape index (κ3) is 4.35. The predicted molar refractivity (Wildman–Crippen MR) is 99.1 cm³/mol. The maximum atomic E-state index is 13.4. The molecule has 1 aliphatic rings. The first-order valence-electron chi connectivity index (χ1n) is 7.77. The lowest BCUT2D eigenvalue weighted by Crippen LogP contribution is -2.32. The third-order valence-electron chi connectivity index (χ3n) is 3.53. The van der Waals surface area contributed by atoms with Crippen molar-refractivity contribution in [3.05, 3.63) is 70.9 Å². The minimum Gasteiger partial charge on any atom is -0.383 e. The largest absolute Gasteiger partial charge is 0.383 e. The first-order valence-corrected chi connectivity index (χ1v) is 8.58. The normalized spacial score (nSPS) is 17.7. The summed E-state index contributed by atoms with van der Waals surface area (Å²) in [6.45, 7) is 0.821. The molecule has 1 saturated heterocycles. The number of carbonyl (C=O) groups excluding carboxylic acids is 1. The van der Waals surface area contributed by atoms with E-state index >= 15 is 0 Å². The van der Waals surface area contributed by atoms with E-state index in [4.69, 9.17) is 4.74 Å². The smallest absolute Gasteiger partial charge is 0.266 e. The van der Waals surface area contributed by atoms with Gasteiger partial charge in [0.15, 0.2) is 5.17 Å². The number of amides is 1. The number of hydrogen-bond acceptors (Lipinski definition) is 4. The predicted octanol–water partition coefficient (Wildman–Crippen LogP) is 4.08. The number of benzene rings is 2. The summed E-state index contributed by atoms with van der Waals surface area (Å²) in [5.41, 5.74) is 1.41. The van der Waals surface area contributed by atoms with Crippen molar-refractivity contribution in [1.82, 2.24) is 4.90 Å². The van der Waals surface area contributed by atoms with Gasteiger partial charge in [0, 0.05) is 7.11 Å². The SMILES string of the molecule is COCCN1C(=O)C(=Cc2cccc(F)c2)SC1=Nc1ccccc1. The van der Waals surface area contributed by atoms with Gasteiger partial charge in [-0.15, -0.1) is 0 Å². The van der Waals surface area contributed by atoms with E-state index in [1.54, 1.807) is 30.2 Å². The molecule has 128 valence electrons. The molecule has 0 bridgehead atoms. The van der Waals surface area contributed by atoms with E-state index in [1.165, 1.54) is 23.9 Å². The molecular weight excluding hydrogens is 339 g/mol. The fourth-order valence-corrected chi connectivity index (χ4v) is 3.36. The molecule has 2 aromatic carbocycles. The van der Waals surface area contributed by atoms with E-state index in [0.29, 0.717) is 28.8 Å². The van der Waals surface area contributed by atoms with Crippen molar-refractivity contribution < 1.29 is 13.9 Å². The summed E-state index contributed by atoms with van der Waals surface area (Å²) in [4.78, 5) is 19.4. The summed E-state index contributed by atoms with van der Waals surface area (Å²) < 4.78 is 18.5. The lowest BCUT2D eigenvalue weighted by Gasteiger charge is -2.14. The summed E-state index contributed by atoms with van der Waals surface area (Å²) in [5.74, 6) is -0.486. The Bertz CT molecular complexity index is 821. The highest BCUT2D eigenvalue weighted by molar-refractivity contribution is 8.18. The number of ether oxygens (including phenoxy) is 1. The summed E-state index contributed by atoms with van der Waals surface area (Å²) in [6.07, 6.45) is 1.68. The Labute approximate surface area is 150 Å². The van der Waals surface area contributed by atoms with Crippen molar-refractivity contribution in [3.8, 4) is 0 Å². The van der Waals surface area contributed by atoms with Crippen molar-refractivity contribution >= 4 is 34.6 Å². The molecule has 3 rings (SSSR count). The molecular formula is C19H17FN2O2S. The van der Waals surface area contributed by atoms with Crippen molar-refractivity contribution in [1.29, 1.82) is 0 Å². The minimum atomic E-state index is -0.334. The standard InChI is InChI=1S/C19H17FN2O2S/c1-24-11-10-22-18(23)17(13-14-6-5-7-15(20)12-14)25-19(22)21-16-8-3-2-4-9-16/h2-9,12-13H,10-11H2,1H3. The first kappa shape index (κ1) is 17.4. The van der Waals surface area contributed by atoms with E-state index in [0.717, 1.165) is 5.69 Å². The van der Waals surface area contributed by atoms with Crippen LogP contribution in [-0.4, -0.2) is 36.2 Å². The maximum Gasteiger partial charge on any atom is 0.266 e. The van der Waals surface area contributed by atoms with Gasteiger partial charge in [-0.3, -0.25) is 9.69 Å². The number of halogens is 1. The lowest BCUT2D eigenvalue weighted by atomic mass is 10.2. The van der Waals surface area contributed by atoms with Crippen molar-refractivity contribution in [2.24, 2.45) is 4.99 Å². The van der Waals surface area contributed by atoms with Gasteiger partial charge in [-0.2, -0.15) is 0 Å². The zero-order valence-electron chi connectivity index (χ0n) is 13.7. The zero-order valence-corrected chi connectivity index (χ0v) is 14.5. The van der Waals surface area contributed by atoms with Crippen LogP contribution in [0.25, 0.3) is 6.08 Å². The van der Waals surface area contributed by atoms with Crippen LogP contribution in [0.3, 0.4) is 0 Å². The van der Waals surface area contributed by atoms with Crippen LogP contribution in [0.2, 0.25) is 0 Å². The molecule has 2 aromatic rings. The molecule has 0 N–H and O–H groups in total. The fraction of sp³-hybridized carbons (Fsp3) is 0.158. The molecule has 6 heteroatoms. The second-order valence-electron chi connectivity index (χ2n) is 5.35. The highest BCUT2D eigenvalue weighted by Crippen LogP contribution is 2.34. The van der Waals surface area contributed by atoms with Crippen LogP contribution in [0, 0.1) is 5.82 Å². The number of rotatable bonds is 5. The topological polar surface area (TPSA) is 41.9 Å². The average Bonchev–Trinajstić information content (AvgIpc) is 2.89. The van der Waals surface area contributed by atoms with Gasteiger partial charge in [0.05, 0.1) is 23.7 Å². The van der Waals surface area contributed by atoms with Gasteiger partial charge >= 0.3 is 0 Å². The van der Waals surface area contributed by atoms with Gasteiger partial charge in [-0.1, -0.05) is 30.3 Å². The highest BCUT2D eigenvalue weighted by atomic mass is 32.2. The van der Waals surface area contributed by atoms with E-state index in [1.807, 2.05) is 30.3 Å². The van der Waals surface area contributed by atoms with Crippen LogP contribution in [0.15, 0.2) is 64.5 Å². The number of hydrogen-bond donors (Lipinski definition) is 0. The van der Waals surface area contributed by atoms with E-state index in [9.17, 15) is 9.18 Å². The Kier molecular flexibility index (Phi) is 5.63. The summed E-state index contributed by atoms with van der Waals surface area (Å²) >= 11 is 1.28. The van der Waals surface area contributed by atoms with Crippen molar-refractivity contribution in [2.75, 3.05) is 20.3 Å². The van der Waals surface area contributed by atoms with Crippen molar-refractivity contribution in [3.63, 3.8) is 0 Å². The second-order valence-corrected chi connectivity index (χ2v) is 6.35. The lowest BCUT2D eigenvalue weighted by molar-refractivity contribution is -0.122. The van der Waals surface area contributed by atoms with E-state index < -0.39 is 0 Å². The quantitative estimate of drug-likeness (QED) is 0.758. The third-order valence-corrected chi connectivity index (χ3v) is 4.54. The van der Waals surface area contributed by atoms with E-state index in [-0.39, 0.29) is 11.7 Å². The number of aliphatic imine (C=N–C) groups is 1. The summed E-state index contributed by atoms with van der Waals surface area (Å²) in [6, 6.07) is 15.6. The molecule has 25 heavy (non-hydrogen) atoms. The molecule has 0 saturated carbocycles. The number of amidine groups is 1. The van der Waals surface area contributed by atoms with Gasteiger partial charge in [0.2, 0.25) is 0 Å². The summed E-state index contributed by atoms with van der Waals surface area (Å²) in [7, 11) is 1.59. The molecule has 0 spiro atoms. The molecule has 0 atom stereocenters. The molecule has 1 heterocycles. The van der Waals surface area contributed by atoms with Gasteiger partial charge < -0.3 is 4.74 Å². The number of thioether (sulfide) groups is 1. The molecule has 0 unspecified atom stereocenters. The number of para-hydroxylation sites is 1. The van der Waals surface area contributed by atoms with Crippen LogP contribution in [0.1, 0.15) is 5.56 Å². The Balaban J connectivity index is 1.92. The maximum absolute atomic E-state index is 13.4. The fourth-order valence-electron chi connectivity index (χ4n) is 2.33. The van der Waals surface area contributed by atoms with Crippen molar-refractivity contribution in [2.45, 2.75) is 0 Å². The van der Waals surface area contributed by atoms with Crippen LogP contribution in [0.5, 0.6) is 0 Å². The average molecular weight is 356 g/mol. The van der Waals surface area contributed by atoms with Crippen LogP contribution in [0.4, 0.5) is 10.1 Å². The molecule has 0 aliphatic carbocycles.